The number of carbonyl (C=O) groups is 1. The summed E-state index contributed by atoms with van der Waals surface area (Å²) in [6.07, 6.45) is 0.863. The number of thiophene rings is 1. The predicted molar refractivity (Wildman–Crippen MR) is 123 cm³/mol. The Kier molecular flexibility index (Phi) is 8.02. The summed E-state index contributed by atoms with van der Waals surface area (Å²) < 4.78 is 11.8. The Morgan fingerprint density at radius 3 is 2.74 bits per heavy atom. The molecule has 0 spiro atoms. The molecule has 2 N–H and O–H groups in total. The van der Waals surface area contributed by atoms with Crippen LogP contribution in [0.3, 0.4) is 0 Å². The van der Waals surface area contributed by atoms with Crippen LogP contribution in [0.15, 0.2) is 34.4 Å². The normalized spacial score (nSPS) is 11.1. The molecule has 3 rings (SSSR count). The third-order valence-corrected chi connectivity index (χ3v) is 5.38. The van der Waals surface area contributed by atoms with Gasteiger partial charge in [-0.1, -0.05) is 6.92 Å². The first-order valence-electron chi connectivity index (χ1n) is 10.4. The minimum absolute atomic E-state index is 0.148. The molecule has 2 aromatic heterocycles. The molecule has 8 nitrogen and oxygen atoms in total. The van der Waals surface area contributed by atoms with Crippen molar-refractivity contribution >= 4 is 33.1 Å². The van der Waals surface area contributed by atoms with E-state index in [4.69, 9.17) is 9.47 Å². The number of fused-ring (bicyclic) bond motifs is 1. The molecule has 0 radical (unpaired) electrons. The highest BCUT2D eigenvalue weighted by Crippen LogP contribution is 2.29. The van der Waals surface area contributed by atoms with Crippen LogP contribution in [0.4, 0.5) is 5.69 Å². The van der Waals surface area contributed by atoms with Gasteiger partial charge in [0.15, 0.2) is 0 Å². The SMILES string of the molecule is CCCN(CC(=O)Nc1cc(OCC)ccc1OCC)Cc1nc2ccsc2c(=O)[nH]1. The highest BCUT2D eigenvalue weighted by atomic mass is 32.1. The Balaban J connectivity index is 1.73. The third-order valence-electron chi connectivity index (χ3n) is 4.48. The second-order valence-electron chi connectivity index (χ2n) is 6.93. The van der Waals surface area contributed by atoms with Crippen LogP contribution in [0.2, 0.25) is 0 Å². The first kappa shape index (κ1) is 22.8. The number of nitrogens with one attached hydrogen (secondary N) is 2. The van der Waals surface area contributed by atoms with Gasteiger partial charge in [0.1, 0.15) is 22.0 Å². The lowest BCUT2D eigenvalue weighted by Gasteiger charge is -2.21. The summed E-state index contributed by atoms with van der Waals surface area (Å²) in [6.45, 7) is 8.09. The van der Waals surface area contributed by atoms with Crippen LogP contribution in [0.1, 0.15) is 33.0 Å². The molecule has 0 saturated heterocycles. The molecule has 0 aliphatic heterocycles. The zero-order valence-corrected chi connectivity index (χ0v) is 18.9. The molecule has 0 atom stereocenters. The summed E-state index contributed by atoms with van der Waals surface area (Å²) in [5.41, 5.74) is 1.10. The fourth-order valence-electron chi connectivity index (χ4n) is 3.28. The van der Waals surface area contributed by atoms with Crippen molar-refractivity contribution in [2.24, 2.45) is 0 Å². The average Bonchev–Trinajstić information content (AvgIpc) is 3.19. The van der Waals surface area contributed by atoms with Gasteiger partial charge in [0.25, 0.3) is 5.56 Å². The molecule has 31 heavy (non-hydrogen) atoms. The lowest BCUT2D eigenvalue weighted by Crippen LogP contribution is -2.34. The van der Waals surface area contributed by atoms with Crippen molar-refractivity contribution in [1.82, 2.24) is 14.9 Å². The maximum absolute atomic E-state index is 12.8. The lowest BCUT2D eigenvalue weighted by atomic mass is 10.2. The Morgan fingerprint density at radius 2 is 2.00 bits per heavy atom. The molecule has 1 aromatic carbocycles. The molecule has 1 amide bonds. The Morgan fingerprint density at radius 1 is 1.19 bits per heavy atom. The molecule has 0 saturated carbocycles. The summed E-state index contributed by atoms with van der Waals surface area (Å²) in [6, 6.07) is 7.20. The summed E-state index contributed by atoms with van der Waals surface area (Å²) in [4.78, 5) is 34.4. The average molecular weight is 445 g/mol. The molecule has 2 heterocycles. The number of hydrogen-bond donors (Lipinski definition) is 2. The van der Waals surface area contributed by atoms with E-state index in [1.54, 1.807) is 12.1 Å². The van der Waals surface area contributed by atoms with Crippen LogP contribution in [0, 0.1) is 0 Å². The molecule has 9 heteroatoms. The van der Waals surface area contributed by atoms with E-state index in [-0.39, 0.29) is 18.0 Å². The number of anilines is 1. The summed E-state index contributed by atoms with van der Waals surface area (Å²) >= 11 is 1.37. The fraction of sp³-hybridized carbons (Fsp3) is 0.409. The van der Waals surface area contributed by atoms with Crippen LogP contribution in [-0.2, 0) is 11.3 Å². The zero-order valence-electron chi connectivity index (χ0n) is 18.1. The van der Waals surface area contributed by atoms with Gasteiger partial charge in [0.05, 0.1) is 37.5 Å². The zero-order chi connectivity index (χ0) is 22.2. The monoisotopic (exact) mass is 444 g/mol. The van der Waals surface area contributed by atoms with Crippen molar-refractivity contribution in [3.8, 4) is 11.5 Å². The van der Waals surface area contributed by atoms with Crippen molar-refractivity contribution in [2.45, 2.75) is 33.7 Å². The van der Waals surface area contributed by atoms with Gasteiger partial charge in [-0.15, -0.1) is 11.3 Å². The summed E-state index contributed by atoms with van der Waals surface area (Å²) in [7, 11) is 0. The van der Waals surface area contributed by atoms with Gasteiger partial charge in [-0.05, 0) is 50.4 Å². The Labute approximate surface area is 185 Å². The van der Waals surface area contributed by atoms with Crippen molar-refractivity contribution in [3.63, 3.8) is 0 Å². The van der Waals surface area contributed by atoms with Gasteiger partial charge in [-0.25, -0.2) is 4.98 Å². The number of ether oxygens (including phenoxy) is 2. The molecular weight excluding hydrogens is 416 g/mol. The van der Waals surface area contributed by atoms with E-state index in [0.29, 0.717) is 59.5 Å². The summed E-state index contributed by atoms with van der Waals surface area (Å²) in [5, 5.41) is 4.78. The molecule has 166 valence electrons. The van der Waals surface area contributed by atoms with E-state index in [0.717, 1.165) is 6.42 Å². The quantitative estimate of drug-likeness (QED) is 0.469. The number of H-pyrrole nitrogens is 1. The molecular formula is C22H28N4O4S. The van der Waals surface area contributed by atoms with Gasteiger partial charge < -0.3 is 19.8 Å². The van der Waals surface area contributed by atoms with Gasteiger partial charge in [-0.2, -0.15) is 0 Å². The van der Waals surface area contributed by atoms with Gasteiger partial charge >= 0.3 is 0 Å². The Bertz CT molecular complexity index is 1080. The number of benzene rings is 1. The molecule has 0 aliphatic rings. The maximum Gasteiger partial charge on any atom is 0.268 e. The second kappa shape index (κ2) is 10.9. The van der Waals surface area contributed by atoms with E-state index in [2.05, 4.69) is 15.3 Å². The van der Waals surface area contributed by atoms with Crippen LogP contribution in [0.25, 0.3) is 10.2 Å². The number of aromatic nitrogens is 2. The predicted octanol–water partition coefficient (Wildman–Crippen LogP) is 3.63. The molecule has 3 aromatic rings. The highest BCUT2D eigenvalue weighted by molar-refractivity contribution is 7.17. The number of amides is 1. The van der Waals surface area contributed by atoms with Crippen molar-refractivity contribution in [3.05, 3.63) is 45.8 Å². The number of hydrogen-bond acceptors (Lipinski definition) is 7. The number of aromatic amines is 1. The van der Waals surface area contributed by atoms with Crippen molar-refractivity contribution in [2.75, 3.05) is 31.6 Å². The molecule has 0 aliphatic carbocycles. The van der Waals surface area contributed by atoms with E-state index in [1.807, 2.05) is 43.2 Å². The first-order chi connectivity index (χ1) is 15.0. The molecule has 0 unspecified atom stereocenters. The van der Waals surface area contributed by atoms with Crippen LogP contribution in [-0.4, -0.2) is 47.1 Å². The van der Waals surface area contributed by atoms with Gasteiger partial charge in [0.2, 0.25) is 5.91 Å². The first-order valence-corrected chi connectivity index (χ1v) is 11.3. The number of carbonyl (C=O) groups excluding carboxylic acids is 1. The highest BCUT2D eigenvalue weighted by Gasteiger charge is 2.16. The van der Waals surface area contributed by atoms with Crippen LogP contribution < -0.4 is 20.3 Å². The standard InChI is InChI=1S/C22H28N4O4S/c1-4-10-26(13-19-23-16-9-11-31-21(16)22(28)25-19)14-20(27)24-17-12-15(29-5-2)7-8-18(17)30-6-3/h7-9,11-12H,4-6,10,13-14H2,1-3H3,(H,24,27)(H,23,25,28). The smallest absolute Gasteiger partial charge is 0.268 e. The van der Waals surface area contributed by atoms with E-state index < -0.39 is 0 Å². The minimum atomic E-state index is -0.179. The Hall–Kier alpha value is -2.91. The second-order valence-corrected chi connectivity index (χ2v) is 7.85. The summed E-state index contributed by atoms with van der Waals surface area (Å²) in [5.74, 6) is 1.63. The fourth-order valence-corrected chi connectivity index (χ4v) is 4.00. The molecule has 0 bridgehead atoms. The topological polar surface area (TPSA) is 96.6 Å². The largest absolute Gasteiger partial charge is 0.494 e. The third kappa shape index (κ3) is 6.05. The lowest BCUT2D eigenvalue weighted by molar-refractivity contribution is -0.117. The number of rotatable bonds is 11. The van der Waals surface area contributed by atoms with Crippen LogP contribution in [0.5, 0.6) is 11.5 Å². The van der Waals surface area contributed by atoms with Crippen molar-refractivity contribution in [1.29, 1.82) is 0 Å². The number of nitrogens with zero attached hydrogens (tertiary/aromatic N) is 2. The van der Waals surface area contributed by atoms with E-state index in [9.17, 15) is 9.59 Å². The maximum atomic E-state index is 12.8. The van der Waals surface area contributed by atoms with E-state index >= 15 is 0 Å². The van der Waals surface area contributed by atoms with Gasteiger partial charge in [-0.3, -0.25) is 14.5 Å². The van der Waals surface area contributed by atoms with Crippen molar-refractivity contribution < 1.29 is 14.3 Å². The van der Waals surface area contributed by atoms with E-state index in [1.165, 1.54) is 11.3 Å². The van der Waals surface area contributed by atoms with Gasteiger partial charge in [0, 0.05) is 6.07 Å². The minimum Gasteiger partial charge on any atom is -0.494 e. The molecule has 0 fully saturated rings. The van der Waals surface area contributed by atoms with Crippen LogP contribution >= 0.6 is 11.3 Å².